The first kappa shape index (κ1) is 14.1. The second-order valence-electron chi connectivity index (χ2n) is 4.19. The van der Waals surface area contributed by atoms with Crippen LogP contribution in [0, 0.1) is 6.92 Å². The number of carbonyl (C=O) groups is 2. The van der Waals surface area contributed by atoms with Crippen molar-refractivity contribution in [2.24, 2.45) is 5.73 Å². The number of amides is 1. The van der Waals surface area contributed by atoms with Crippen LogP contribution >= 0.6 is 11.3 Å². The van der Waals surface area contributed by atoms with Crippen LogP contribution in [0.4, 0.5) is 5.13 Å². The zero-order valence-electron chi connectivity index (χ0n) is 10.9. The van der Waals surface area contributed by atoms with Crippen molar-refractivity contribution in [1.29, 1.82) is 0 Å². The lowest BCUT2D eigenvalue weighted by atomic mass is 10.1. The van der Waals surface area contributed by atoms with Crippen LogP contribution in [0.2, 0.25) is 0 Å². The number of ketones is 1. The predicted octanol–water partition coefficient (Wildman–Crippen LogP) is 1.36. The molecule has 0 spiro atoms. The highest BCUT2D eigenvalue weighted by molar-refractivity contribution is 7.17. The Balaban J connectivity index is 2.07. The highest BCUT2D eigenvalue weighted by Gasteiger charge is 2.15. The van der Waals surface area contributed by atoms with E-state index in [1.54, 1.807) is 18.5 Å². The summed E-state index contributed by atoms with van der Waals surface area (Å²) in [5, 5.41) is 3.55. The van der Waals surface area contributed by atoms with Crippen LogP contribution in [0.5, 0.6) is 0 Å². The molecule has 7 heteroatoms. The second kappa shape index (κ2) is 6.25. The number of primary amides is 1. The molecule has 0 aliphatic heterocycles. The monoisotopic (exact) mass is 290 g/mol. The van der Waals surface area contributed by atoms with Gasteiger partial charge >= 0.3 is 0 Å². The Labute approximate surface area is 120 Å². The molecular weight excluding hydrogens is 276 g/mol. The molecule has 0 fully saturated rings. The highest BCUT2D eigenvalue weighted by Crippen LogP contribution is 2.22. The van der Waals surface area contributed by atoms with Crippen molar-refractivity contribution in [3.63, 3.8) is 0 Å². The minimum Gasteiger partial charge on any atom is -0.370 e. The van der Waals surface area contributed by atoms with Gasteiger partial charge in [0, 0.05) is 30.9 Å². The van der Waals surface area contributed by atoms with Crippen LogP contribution in [0.3, 0.4) is 0 Å². The summed E-state index contributed by atoms with van der Waals surface area (Å²) in [6.45, 7) is 2.27. The van der Waals surface area contributed by atoms with E-state index in [0.29, 0.717) is 22.1 Å². The molecular formula is C13H14N4O2S. The fourth-order valence-corrected chi connectivity index (χ4v) is 2.38. The van der Waals surface area contributed by atoms with E-state index in [1.165, 1.54) is 17.5 Å². The largest absolute Gasteiger partial charge is 0.370 e. The number of nitrogens with zero attached hydrogens (tertiary/aromatic N) is 2. The Kier molecular flexibility index (Phi) is 4.41. The molecule has 6 nitrogen and oxygen atoms in total. The van der Waals surface area contributed by atoms with Crippen molar-refractivity contribution in [3.05, 3.63) is 40.7 Å². The number of aryl methyl sites for hydroxylation is 1. The van der Waals surface area contributed by atoms with Crippen LogP contribution in [-0.2, 0) is 4.79 Å². The van der Waals surface area contributed by atoms with Crippen molar-refractivity contribution >= 4 is 28.2 Å². The number of hydrogen-bond acceptors (Lipinski definition) is 6. The standard InChI is InChI=1S/C13H14N4O2S/c1-8-2-4-15-6-9(8)12(19)10-7-17-13(20-10)16-5-3-11(14)18/h2,4,6-7H,3,5H2,1H3,(H2,14,18)(H,16,17). The van der Waals surface area contributed by atoms with Crippen LogP contribution in [-0.4, -0.2) is 28.2 Å². The van der Waals surface area contributed by atoms with Gasteiger partial charge in [-0.2, -0.15) is 0 Å². The first-order valence-electron chi connectivity index (χ1n) is 6.01. The maximum Gasteiger partial charge on any atom is 0.219 e. The van der Waals surface area contributed by atoms with Crippen molar-refractivity contribution in [2.75, 3.05) is 11.9 Å². The molecule has 0 aromatic carbocycles. The Morgan fingerprint density at radius 2 is 2.20 bits per heavy atom. The topological polar surface area (TPSA) is 98.0 Å². The van der Waals surface area contributed by atoms with E-state index in [0.717, 1.165) is 5.56 Å². The molecule has 0 atom stereocenters. The smallest absolute Gasteiger partial charge is 0.219 e. The summed E-state index contributed by atoms with van der Waals surface area (Å²) in [4.78, 5) is 31.5. The van der Waals surface area contributed by atoms with Gasteiger partial charge < -0.3 is 11.1 Å². The Morgan fingerprint density at radius 3 is 2.90 bits per heavy atom. The van der Waals surface area contributed by atoms with Crippen LogP contribution in [0.25, 0.3) is 0 Å². The van der Waals surface area contributed by atoms with Crippen molar-refractivity contribution in [3.8, 4) is 0 Å². The lowest BCUT2D eigenvalue weighted by Crippen LogP contribution is -2.15. The molecule has 0 radical (unpaired) electrons. The minimum absolute atomic E-state index is 0.101. The first-order valence-corrected chi connectivity index (χ1v) is 6.83. The molecule has 2 rings (SSSR count). The SMILES string of the molecule is Cc1ccncc1C(=O)c1cnc(NCCC(N)=O)s1. The molecule has 2 aromatic rings. The van der Waals surface area contributed by atoms with E-state index in [1.807, 2.05) is 6.92 Å². The van der Waals surface area contributed by atoms with E-state index >= 15 is 0 Å². The normalized spacial score (nSPS) is 10.2. The van der Waals surface area contributed by atoms with Crippen molar-refractivity contribution < 1.29 is 9.59 Å². The maximum absolute atomic E-state index is 12.3. The van der Waals surface area contributed by atoms with E-state index < -0.39 is 0 Å². The molecule has 0 aliphatic rings. The molecule has 0 unspecified atom stereocenters. The number of hydrogen-bond donors (Lipinski definition) is 2. The van der Waals surface area contributed by atoms with Crippen molar-refractivity contribution in [2.45, 2.75) is 13.3 Å². The third kappa shape index (κ3) is 3.39. The Morgan fingerprint density at radius 1 is 1.40 bits per heavy atom. The molecule has 0 saturated heterocycles. The van der Waals surface area contributed by atoms with E-state index in [-0.39, 0.29) is 18.1 Å². The highest BCUT2D eigenvalue weighted by atomic mass is 32.1. The van der Waals surface area contributed by atoms with Gasteiger partial charge in [-0.15, -0.1) is 0 Å². The molecule has 0 saturated carbocycles. The lowest BCUT2D eigenvalue weighted by Gasteiger charge is -2.01. The van der Waals surface area contributed by atoms with E-state index in [9.17, 15) is 9.59 Å². The summed E-state index contributed by atoms with van der Waals surface area (Å²) < 4.78 is 0. The maximum atomic E-state index is 12.3. The van der Waals surface area contributed by atoms with Gasteiger partial charge in [0.05, 0.1) is 11.1 Å². The number of carbonyl (C=O) groups excluding carboxylic acids is 2. The number of rotatable bonds is 6. The fourth-order valence-electron chi connectivity index (χ4n) is 1.59. The summed E-state index contributed by atoms with van der Waals surface area (Å²) in [6.07, 6.45) is 4.95. The fraction of sp³-hybridized carbons (Fsp3) is 0.231. The summed E-state index contributed by atoms with van der Waals surface area (Å²) in [5.74, 6) is -0.479. The van der Waals surface area contributed by atoms with Gasteiger partial charge in [-0.25, -0.2) is 4.98 Å². The summed E-state index contributed by atoms with van der Waals surface area (Å²) >= 11 is 1.24. The average molecular weight is 290 g/mol. The number of pyridine rings is 1. The number of anilines is 1. The van der Waals surface area contributed by atoms with Gasteiger partial charge in [0.15, 0.2) is 5.13 Å². The molecule has 0 aliphatic carbocycles. The summed E-state index contributed by atoms with van der Waals surface area (Å²) in [7, 11) is 0. The minimum atomic E-state index is -0.378. The molecule has 104 valence electrons. The second-order valence-corrected chi connectivity index (χ2v) is 5.22. The third-order valence-electron chi connectivity index (χ3n) is 2.66. The first-order chi connectivity index (χ1) is 9.58. The zero-order valence-corrected chi connectivity index (χ0v) is 11.7. The number of aromatic nitrogens is 2. The van der Waals surface area contributed by atoms with Crippen molar-refractivity contribution in [1.82, 2.24) is 9.97 Å². The molecule has 2 aromatic heterocycles. The van der Waals surface area contributed by atoms with Gasteiger partial charge in [-0.1, -0.05) is 11.3 Å². The molecule has 1 amide bonds. The number of nitrogens with one attached hydrogen (secondary N) is 1. The summed E-state index contributed by atoms with van der Waals surface area (Å²) in [5.41, 5.74) is 6.49. The van der Waals surface area contributed by atoms with Crippen LogP contribution in [0.15, 0.2) is 24.7 Å². The molecule has 20 heavy (non-hydrogen) atoms. The van der Waals surface area contributed by atoms with Crippen LogP contribution < -0.4 is 11.1 Å². The lowest BCUT2D eigenvalue weighted by molar-refractivity contribution is -0.117. The van der Waals surface area contributed by atoms with Gasteiger partial charge in [-0.05, 0) is 18.6 Å². The molecule has 0 bridgehead atoms. The van der Waals surface area contributed by atoms with Gasteiger partial charge in [0.25, 0.3) is 0 Å². The average Bonchev–Trinajstić information content (AvgIpc) is 2.87. The van der Waals surface area contributed by atoms with E-state index in [2.05, 4.69) is 15.3 Å². The zero-order chi connectivity index (χ0) is 14.5. The van der Waals surface area contributed by atoms with Gasteiger partial charge in [-0.3, -0.25) is 14.6 Å². The van der Waals surface area contributed by atoms with Crippen LogP contribution in [0.1, 0.15) is 27.2 Å². The third-order valence-corrected chi connectivity index (χ3v) is 3.61. The van der Waals surface area contributed by atoms with E-state index in [4.69, 9.17) is 5.73 Å². The predicted molar refractivity (Wildman–Crippen MR) is 76.8 cm³/mol. The number of nitrogens with two attached hydrogens (primary N) is 1. The quantitative estimate of drug-likeness (QED) is 0.783. The Bertz CT molecular complexity index is 639. The Hall–Kier alpha value is -2.28. The molecule has 3 N–H and O–H groups in total. The number of thiazole rings is 1. The van der Waals surface area contributed by atoms with Gasteiger partial charge in [0.2, 0.25) is 11.7 Å². The molecule has 2 heterocycles. The summed E-state index contributed by atoms with van der Waals surface area (Å²) in [6, 6.07) is 1.79. The van der Waals surface area contributed by atoms with Gasteiger partial charge in [0.1, 0.15) is 0 Å².